The number of nitrogens with two attached hydrogens (primary N) is 1. The third-order valence-electron chi connectivity index (χ3n) is 2.91. The van der Waals surface area contributed by atoms with Crippen LogP contribution in [0.25, 0.3) is 0 Å². The van der Waals surface area contributed by atoms with Gasteiger partial charge >= 0.3 is 5.97 Å². The SMILES string of the molecule is COC(=O)CCC(C=O)N[C@@H](CS)C(=O)C(=O)[C@H](CS)NN.S.S.S.S.S.S. The predicted molar refractivity (Wildman–Crippen MR) is 149 cm³/mol. The molecule has 8 nitrogen and oxygen atoms in total. The fourth-order valence-corrected chi connectivity index (χ4v) is 2.13. The molecular weight excluding hydrogens is 523 g/mol. The van der Waals surface area contributed by atoms with Crippen molar-refractivity contribution in [1.29, 1.82) is 0 Å². The van der Waals surface area contributed by atoms with Crippen LogP contribution in [0.15, 0.2) is 0 Å². The first-order valence-electron chi connectivity index (χ1n) is 6.49. The standard InChI is InChI=1S/C12H21N3O5S2.6H2S/c1-20-10(17)3-2-7(4-16)14-8(5-21)11(18)12(19)9(6-22)15-13;;;;;;/h4,7-9,14-15,21-22H,2-3,5-6,13H2,1H3;6*1H2/t7?,8-,9-;;;;;;/m0....../s1. The lowest BCUT2D eigenvalue weighted by Gasteiger charge is -2.21. The average molecular weight is 556 g/mol. The molecule has 0 aliphatic heterocycles. The molecule has 1 unspecified atom stereocenters. The second-order valence-corrected chi connectivity index (χ2v) is 5.12. The lowest BCUT2D eigenvalue weighted by Crippen LogP contribution is -2.53. The van der Waals surface area contributed by atoms with Crippen LogP contribution in [0, 0.1) is 0 Å². The number of esters is 1. The van der Waals surface area contributed by atoms with Crippen LogP contribution in [0.5, 0.6) is 0 Å². The molecule has 0 aromatic carbocycles. The van der Waals surface area contributed by atoms with Crippen LogP contribution >= 0.6 is 106 Å². The van der Waals surface area contributed by atoms with E-state index in [-0.39, 0.29) is 105 Å². The van der Waals surface area contributed by atoms with Gasteiger partial charge in [0.05, 0.1) is 25.2 Å². The second kappa shape index (κ2) is 28.2. The minimum absolute atomic E-state index is 0. The van der Waals surface area contributed by atoms with Crippen LogP contribution in [-0.2, 0) is 23.9 Å². The van der Waals surface area contributed by atoms with Gasteiger partial charge in [0.15, 0.2) is 0 Å². The van der Waals surface area contributed by atoms with Gasteiger partial charge in [-0.15, -0.1) is 0 Å². The molecule has 0 radical (unpaired) electrons. The smallest absolute Gasteiger partial charge is 0.305 e. The van der Waals surface area contributed by atoms with Gasteiger partial charge in [0.2, 0.25) is 11.6 Å². The van der Waals surface area contributed by atoms with Crippen molar-refractivity contribution < 1.29 is 23.9 Å². The maximum Gasteiger partial charge on any atom is 0.305 e. The first kappa shape index (κ1) is 47.1. The van der Waals surface area contributed by atoms with E-state index in [1.165, 1.54) is 7.11 Å². The highest BCUT2D eigenvalue weighted by atomic mass is 32.1. The van der Waals surface area contributed by atoms with E-state index in [4.69, 9.17) is 5.84 Å². The summed E-state index contributed by atoms with van der Waals surface area (Å²) in [6, 6.07) is -2.64. The predicted octanol–water partition coefficient (Wildman–Crippen LogP) is -1.03. The minimum atomic E-state index is -0.959. The normalized spacial score (nSPS) is 11.6. The Bertz CT molecular complexity index is 419. The van der Waals surface area contributed by atoms with Gasteiger partial charge in [-0.3, -0.25) is 25.5 Å². The molecule has 0 saturated carbocycles. The number of ketones is 2. The third-order valence-corrected chi connectivity index (χ3v) is 3.64. The Morgan fingerprint density at radius 2 is 1.39 bits per heavy atom. The van der Waals surface area contributed by atoms with E-state index in [0.717, 1.165) is 0 Å². The zero-order valence-corrected chi connectivity index (χ0v) is 22.9. The van der Waals surface area contributed by atoms with E-state index in [9.17, 15) is 19.2 Å². The molecule has 0 aliphatic rings. The number of carbonyl (C=O) groups is 4. The van der Waals surface area contributed by atoms with E-state index in [0.29, 0.717) is 6.29 Å². The molecule has 174 valence electrons. The Hall–Kier alpha value is 1.16. The van der Waals surface area contributed by atoms with Crippen LogP contribution in [0.2, 0.25) is 0 Å². The van der Waals surface area contributed by atoms with Crippen molar-refractivity contribution in [2.75, 3.05) is 18.6 Å². The van der Waals surface area contributed by atoms with Gasteiger partial charge in [0, 0.05) is 17.9 Å². The minimum Gasteiger partial charge on any atom is -0.469 e. The number of nitrogens with one attached hydrogen (secondary N) is 2. The summed E-state index contributed by atoms with van der Waals surface area (Å²) in [5.41, 5.74) is 2.20. The lowest BCUT2D eigenvalue weighted by atomic mass is 10.0. The lowest BCUT2D eigenvalue weighted by molar-refractivity contribution is -0.141. The maximum atomic E-state index is 12.1. The van der Waals surface area contributed by atoms with E-state index in [1.54, 1.807) is 0 Å². The molecule has 0 rings (SSSR count). The zero-order valence-electron chi connectivity index (χ0n) is 15.2. The van der Waals surface area contributed by atoms with Crippen molar-refractivity contribution in [3.63, 3.8) is 0 Å². The summed E-state index contributed by atoms with van der Waals surface area (Å²) in [7, 11) is 1.24. The number of ether oxygens (including phenoxy) is 1. The number of rotatable bonds is 12. The average Bonchev–Trinajstić information content (AvgIpc) is 2.55. The topological polar surface area (TPSA) is 128 Å². The number of hydrazine groups is 1. The third kappa shape index (κ3) is 18.0. The number of methoxy groups -OCH3 is 1. The number of carbonyl (C=O) groups excluding carboxylic acids is 4. The van der Waals surface area contributed by atoms with Gasteiger partial charge in [-0.25, -0.2) is 5.43 Å². The maximum absolute atomic E-state index is 12.1. The molecule has 0 saturated heterocycles. The first-order valence-corrected chi connectivity index (χ1v) is 7.75. The van der Waals surface area contributed by atoms with E-state index in [2.05, 4.69) is 40.7 Å². The molecule has 0 amide bonds. The zero-order chi connectivity index (χ0) is 17.1. The van der Waals surface area contributed by atoms with Gasteiger partial charge in [-0.05, 0) is 6.42 Å². The van der Waals surface area contributed by atoms with Gasteiger partial charge in [-0.2, -0.15) is 106 Å². The number of thiol groups is 2. The van der Waals surface area contributed by atoms with Gasteiger partial charge in [-0.1, -0.05) is 0 Å². The molecule has 3 atom stereocenters. The number of hydrogen-bond acceptors (Lipinski definition) is 10. The van der Waals surface area contributed by atoms with Crippen LogP contribution in [-0.4, -0.2) is 60.6 Å². The molecule has 0 bridgehead atoms. The highest BCUT2D eigenvalue weighted by molar-refractivity contribution is 7.80. The van der Waals surface area contributed by atoms with Crippen molar-refractivity contribution in [2.45, 2.75) is 31.0 Å². The number of hydrogen-bond donors (Lipinski definition) is 5. The molecule has 0 aliphatic carbocycles. The summed E-state index contributed by atoms with van der Waals surface area (Å²) in [4.78, 5) is 46.1. The van der Waals surface area contributed by atoms with Gasteiger partial charge in [0.25, 0.3) is 0 Å². The summed E-state index contributed by atoms with van der Waals surface area (Å²) in [6.07, 6.45) is 0.722. The molecule has 0 heterocycles. The summed E-state index contributed by atoms with van der Waals surface area (Å²) >= 11 is 7.92. The van der Waals surface area contributed by atoms with E-state index in [1.807, 2.05) is 0 Å². The van der Waals surface area contributed by atoms with Gasteiger partial charge in [0.1, 0.15) is 6.29 Å². The fourth-order valence-electron chi connectivity index (χ4n) is 1.59. The summed E-state index contributed by atoms with van der Waals surface area (Å²) in [5.74, 6) is 3.26. The number of aldehydes is 1. The van der Waals surface area contributed by atoms with Crippen molar-refractivity contribution in [1.82, 2.24) is 10.7 Å². The summed E-state index contributed by atoms with van der Waals surface area (Å²) < 4.78 is 4.47. The van der Waals surface area contributed by atoms with Crippen molar-refractivity contribution >= 4 is 130 Å². The highest BCUT2D eigenvalue weighted by Gasteiger charge is 2.30. The highest BCUT2D eigenvalue weighted by Crippen LogP contribution is 2.03. The molecule has 28 heavy (non-hydrogen) atoms. The van der Waals surface area contributed by atoms with E-state index < -0.39 is 35.7 Å². The first-order chi connectivity index (χ1) is 10.4. The van der Waals surface area contributed by atoms with Crippen LogP contribution in [0.4, 0.5) is 0 Å². The van der Waals surface area contributed by atoms with Crippen molar-refractivity contribution in [2.24, 2.45) is 5.84 Å². The van der Waals surface area contributed by atoms with Crippen molar-refractivity contribution in [3.8, 4) is 0 Å². The van der Waals surface area contributed by atoms with Crippen LogP contribution < -0.4 is 16.6 Å². The molecular formula is C12H33N3O5S8. The number of Topliss-reactive ketones (excluding diaryl/α,β-unsaturated/α-hetero) is 2. The fraction of sp³-hybridized carbons (Fsp3) is 0.667. The van der Waals surface area contributed by atoms with Crippen molar-refractivity contribution in [3.05, 3.63) is 0 Å². The molecule has 4 N–H and O–H groups in total. The Morgan fingerprint density at radius 3 is 1.71 bits per heavy atom. The van der Waals surface area contributed by atoms with Crippen LogP contribution in [0.1, 0.15) is 12.8 Å². The molecule has 0 aromatic rings. The summed E-state index contributed by atoms with van der Waals surface area (Å²) in [5, 5.41) is 2.70. The molecule has 0 aromatic heterocycles. The Labute approximate surface area is 218 Å². The second-order valence-electron chi connectivity index (χ2n) is 4.39. The quantitative estimate of drug-likeness (QED) is 0.0517. The van der Waals surface area contributed by atoms with Crippen LogP contribution in [0.3, 0.4) is 0 Å². The molecule has 0 fully saturated rings. The molecule has 0 spiro atoms. The Balaban J connectivity index is -0.000000147. The monoisotopic (exact) mass is 555 g/mol. The van der Waals surface area contributed by atoms with E-state index >= 15 is 0 Å². The largest absolute Gasteiger partial charge is 0.469 e. The van der Waals surface area contributed by atoms with Gasteiger partial charge < -0.3 is 9.53 Å². The summed E-state index contributed by atoms with van der Waals surface area (Å²) in [6.45, 7) is 0. The Kier molecular flexibility index (Phi) is 47.4. The molecule has 16 heteroatoms. The Morgan fingerprint density at radius 1 is 0.964 bits per heavy atom.